The first-order chi connectivity index (χ1) is 10.1. The number of nitrogens with zero attached hydrogens (tertiary/aromatic N) is 1. The topological polar surface area (TPSA) is 32.6 Å². The van der Waals surface area contributed by atoms with Crippen LogP contribution < -0.4 is 0 Å². The Morgan fingerprint density at radius 1 is 1.14 bits per heavy atom. The first-order valence-electron chi connectivity index (χ1n) is 6.53. The minimum absolute atomic E-state index is 0.116. The second-order valence-corrected chi connectivity index (χ2v) is 5.48. The molecule has 1 fully saturated rings. The second-order valence-electron chi connectivity index (χ2n) is 5.08. The van der Waals surface area contributed by atoms with Crippen LogP contribution in [-0.2, 0) is 0 Å². The highest BCUT2D eigenvalue weighted by molar-refractivity contribution is 6.31. The summed E-state index contributed by atoms with van der Waals surface area (Å²) in [6.45, 7) is 0. The Kier molecular flexibility index (Phi) is 3.64. The molecule has 0 amide bonds. The third-order valence-electron chi connectivity index (χ3n) is 3.76. The Morgan fingerprint density at radius 2 is 1.86 bits per heavy atom. The molecule has 5 heteroatoms. The van der Waals surface area contributed by atoms with E-state index >= 15 is 0 Å². The quantitative estimate of drug-likeness (QED) is 0.502. The van der Waals surface area contributed by atoms with E-state index in [4.69, 9.17) is 11.6 Å². The molecule has 2 aromatic rings. The van der Waals surface area contributed by atoms with Crippen LogP contribution in [0.25, 0.3) is 0 Å². The summed E-state index contributed by atoms with van der Waals surface area (Å²) in [5.74, 6) is -0.948. The molecule has 0 heterocycles. The fourth-order valence-electron chi connectivity index (χ4n) is 2.65. The van der Waals surface area contributed by atoms with Gasteiger partial charge in [0.2, 0.25) is 0 Å². The fourth-order valence-corrected chi connectivity index (χ4v) is 2.95. The van der Waals surface area contributed by atoms with Crippen LogP contribution in [0.3, 0.4) is 0 Å². The summed E-state index contributed by atoms with van der Waals surface area (Å²) in [7, 11) is 0. The predicted molar refractivity (Wildman–Crippen MR) is 77.0 cm³/mol. The van der Waals surface area contributed by atoms with E-state index in [-0.39, 0.29) is 23.5 Å². The molecular weight excluding hydrogens is 296 g/mol. The number of oxime groups is 1. The molecule has 2 nitrogen and oxygen atoms in total. The maximum atomic E-state index is 13.9. The smallest absolute Gasteiger partial charge is 0.128 e. The Hall–Kier alpha value is -1.94. The van der Waals surface area contributed by atoms with Gasteiger partial charge < -0.3 is 5.21 Å². The van der Waals surface area contributed by atoms with Crippen molar-refractivity contribution in [1.82, 2.24) is 0 Å². The minimum atomic E-state index is -0.361. The number of hydrogen-bond donors (Lipinski definition) is 1. The van der Waals surface area contributed by atoms with E-state index in [9.17, 15) is 14.0 Å². The summed E-state index contributed by atoms with van der Waals surface area (Å²) in [5.41, 5.74) is 1.51. The zero-order valence-corrected chi connectivity index (χ0v) is 11.7. The SMILES string of the molecule is O/N=C(\c1ccc(F)cc1)C1CC1c1c(F)cccc1Cl. The van der Waals surface area contributed by atoms with Crippen molar-refractivity contribution in [2.24, 2.45) is 11.1 Å². The van der Waals surface area contributed by atoms with Crippen molar-refractivity contribution in [3.63, 3.8) is 0 Å². The van der Waals surface area contributed by atoms with Crippen molar-refractivity contribution in [1.29, 1.82) is 0 Å². The van der Waals surface area contributed by atoms with Crippen molar-refractivity contribution < 1.29 is 14.0 Å². The van der Waals surface area contributed by atoms with Gasteiger partial charge >= 0.3 is 0 Å². The maximum absolute atomic E-state index is 13.9. The average molecular weight is 308 g/mol. The van der Waals surface area contributed by atoms with Crippen LogP contribution >= 0.6 is 11.6 Å². The molecule has 0 bridgehead atoms. The van der Waals surface area contributed by atoms with Gasteiger partial charge in [-0.15, -0.1) is 0 Å². The van der Waals surface area contributed by atoms with Gasteiger partial charge in [-0.25, -0.2) is 8.78 Å². The Morgan fingerprint density at radius 3 is 2.48 bits per heavy atom. The highest BCUT2D eigenvalue weighted by Crippen LogP contribution is 2.52. The van der Waals surface area contributed by atoms with Gasteiger partial charge in [-0.1, -0.05) is 35.0 Å². The number of rotatable bonds is 3. The van der Waals surface area contributed by atoms with Crippen LogP contribution in [0, 0.1) is 17.6 Å². The van der Waals surface area contributed by atoms with Crippen LogP contribution in [0.15, 0.2) is 47.6 Å². The monoisotopic (exact) mass is 307 g/mol. The van der Waals surface area contributed by atoms with Gasteiger partial charge in [-0.05, 0) is 42.2 Å². The molecule has 2 aromatic carbocycles. The summed E-state index contributed by atoms with van der Waals surface area (Å²) < 4.78 is 26.8. The van der Waals surface area contributed by atoms with E-state index in [1.54, 1.807) is 24.3 Å². The first kappa shape index (κ1) is 14.0. The van der Waals surface area contributed by atoms with Crippen LogP contribution in [-0.4, -0.2) is 10.9 Å². The van der Waals surface area contributed by atoms with Crippen molar-refractivity contribution in [2.75, 3.05) is 0 Å². The van der Waals surface area contributed by atoms with Gasteiger partial charge in [0, 0.05) is 16.5 Å². The minimum Gasteiger partial charge on any atom is -0.411 e. The molecule has 21 heavy (non-hydrogen) atoms. The van der Waals surface area contributed by atoms with Gasteiger partial charge in [-0.3, -0.25) is 0 Å². The first-order valence-corrected chi connectivity index (χ1v) is 6.91. The molecule has 0 aliphatic heterocycles. The Labute approximate surface area is 125 Å². The van der Waals surface area contributed by atoms with Gasteiger partial charge in [0.25, 0.3) is 0 Å². The molecular formula is C16H12ClF2NO. The number of halogens is 3. The van der Waals surface area contributed by atoms with E-state index in [1.807, 2.05) is 0 Å². The molecule has 2 unspecified atom stereocenters. The largest absolute Gasteiger partial charge is 0.411 e. The molecule has 1 aliphatic rings. The zero-order chi connectivity index (χ0) is 15.0. The molecule has 1 N–H and O–H groups in total. The van der Waals surface area contributed by atoms with Crippen molar-refractivity contribution in [3.8, 4) is 0 Å². The van der Waals surface area contributed by atoms with Crippen LogP contribution in [0.2, 0.25) is 5.02 Å². The summed E-state index contributed by atoms with van der Waals surface area (Å²) in [5, 5.41) is 12.9. The lowest BCUT2D eigenvalue weighted by Crippen LogP contribution is -2.06. The Balaban J connectivity index is 1.88. The lowest BCUT2D eigenvalue weighted by Gasteiger charge is -2.07. The Bertz CT molecular complexity index is 680. The summed E-state index contributed by atoms with van der Waals surface area (Å²) in [6.07, 6.45) is 0.650. The molecule has 0 radical (unpaired) electrons. The fraction of sp³-hybridized carbons (Fsp3) is 0.188. The second kappa shape index (κ2) is 5.45. The predicted octanol–water partition coefficient (Wildman–Crippen LogP) is 4.60. The normalized spacial score (nSPS) is 21.4. The highest BCUT2D eigenvalue weighted by atomic mass is 35.5. The zero-order valence-electron chi connectivity index (χ0n) is 10.9. The highest BCUT2D eigenvalue weighted by Gasteiger charge is 2.45. The standard InChI is InChI=1S/C16H12ClF2NO/c17-13-2-1-3-14(19)15(13)11-8-12(11)16(20-21)9-4-6-10(18)7-5-9/h1-7,11-12,21H,8H2/b20-16+. The molecule has 0 aromatic heterocycles. The molecule has 0 saturated heterocycles. The van der Waals surface area contributed by atoms with Crippen LogP contribution in [0.5, 0.6) is 0 Å². The molecule has 3 rings (SSSR count). The molecule has 1 saturated carbocycles. The van der Waals surface area contributed by atoms with Crippen molar-refractivity contribution in [2.45, 2.75) is 12.3 Å². The third kappa shape index (κ3) is 2.63. The summed E-state index contributed by atoms with van der Waals surface area (Å²) in [4.78, 5) is 0. The van der Waals surface area contributed by atoms with Gasteiger partial charge in [0.05, 0.1) is 5.71 Å². The molecule has 2 atom stereocenters. The lowest BCUT2D eigenvalue weighted by molar-refractivity contribution is 0.317. The van der Waals surface area contributed by atoms with Gasteiger partial charge in [0.1, 0.15) is 11.6 Å². The maximum Gasteiger partial charge on any atom is 0.128 e. The van der Waals surface area contributed by atoms with E-state index in [0.29, 0.717) is 28.3 Å². The summed E-state index contributed by atoms with van der Waals surface area (Å²) >= 11 is 6.05. The van der Waals surface area contributed by atoms with Crippen molar-refractivity contribution in [3.05, 3.63) is 70.2 Å². The van der Waals surface area contributed by atoms with Crippen molar-refractivity contribution >= 4 is 17.3 Å². The molecule has 1 aliphatic carbocycles. The van der Waals surface area contributed by atoms with E-state index in [1.165, 1.54) is 18.2 Å². The van der Waals surface area contributed by atoms with Gasteiger partial charge in [-0.2, -0.15) is 0 Å². The molecule has 0 spiro atoms. The average Bonchev–Trinajstić information content (AvgIpc) is 3.22. The third-order valence-corrected chi connectivity index (χ3v) is 4.09. The van der Waals surface area contributed by atoms with E-state index in [0.717, 1.165) is 0 Å². The number of hydrogen-bond acceptors (Lipinski definition) is 2. The summed E-state index contributed by atoms with van der Waals surface area (Å²) in [6, 6.07) is 10.3. The van der Waals surface area contributed by atoms with Crippen LogP contribution in [0.1, 0.15) is 23.5 Å². The van der Waals surface area contributed by atoms with Crippen LogP contribution in [0.4, 0.5) is 8.78 Å². The van der Waals surface area contributed by atoms with E-state index < -0.39 is 0 Å². The van der Waals surface area contributed by atoms with Gasteiger partial charge in [0.15, 0.2) is 0 Å². The number of benzene rings is 2. The van der Waals surface area contributed by atoms with E-state index in [2.05, 4.69) is 5.16 Å². The molecule has 108 valence electrons. The lowest BCUT2D eigenvalue weighted by atomic mass is 10.0.